The Labute approximate surface area is 168 Å². The lowest BCUT2D eigenvalue weighted by atomic mass is 9.94. The van der Waals surface area contributed by atoms with E-state index in [9.17, 15) is 0 Å². The number of aromatic nitrogens is 7. The van der Waals surface area contributed by atoms with E-state index in [0.29, 0.717) is 0 Å². The lowest BCUT2D eigenvalue weighted by molar-refractivity contribution is 0.547. The van der Waals surface area contributed by atoms with Crippen molar-refractivity contribution < 1.29 is 0 Å². The maximum Gasteiger partial charge on any atom is 0.177 e. The van der Waals surface area contributed by atoms with E-state index in [2.05, 4.69) is 53.6 Å². The van der Waals surface area contributed by atoms with E-state index in [1.165, 1.54) is 0 Å². The van der Waals surface area contributed by atoms with E-state index >= 15 is 0 Å². The molecule has 0 aliphatic carbocycles. The maximum absolute atomic E-state index is 5.02. The number of benzene rings is 1. The van der Waals surface area contributed by atoms with Gasteiger partial charge in [0.25, 0.3) is 0 Å². The summed E-state index contributed by atoms with van der Waals surface area (Å²) >= 11 is 0. The quantitative estimate of drug-likeness (QED) is 0.468. The highest BCUT2D eigenvalue weighted by Gasteiger charge is 2.26. The first-order valence-electron chi connectivity index (χ1n) is 9.84. The highest BCUT2D eigenvalue weighted by Crippen LogP contribution is 2.33. The van der Waals surface area contributed by atoms with Crippen LogP contribution in [0, 0.1) is 13.8 Å². The van der Waals surface area contributed by atoms with Gasteiger partial charge < -0.3 is 4.57 Å². The fraction of sp³-hybridized carbons (Fsp3) is 0.318. The Balaban J connectivity index is 1.61. The molecule has 0 saturated heterocycles. The predicted molar refractivity (Wildman–Crippen MR) is 113 cm³/mol. The van der Waals surface area contributed by atoms with Gasteiger partial charge in [0.1, 0.15) is 5.82 Å². The van der Waals surface area contributed by atoms with Crippen LogP contribution in [0.1, 0.15) is 48.7 Å². The summed E-state index contributed by atoms with van der Waals surface area (Å²) in [5.41, 5.74) is 5.75. The van der Waals surface area contributed by atoms with Crippen molar-refractivity contribution in [2.24, 2.45) is 7.05 Å². The third-order valence-corrected chi connectivity index (χ3v) is 5.96. The van der Waals surface area contributed by atoms with Crippen LogP contribution >= 0.6 is 0 Å². The summed E-state index contributed by atoms with van der Waals surface area (Å²) in [6.45, 7) is 8.31. The Morgan fingerprint density at radius 3 is 2.59 bits per heavy atom. The number of nitrogens with zero attached hydrogens (tertiary/aromatic N) is 7. The van der Waals surface area contributed by atoms with E-state index in [0.717, 1.165) is 50.6 Å². The molecule has 0 spiro atoms. The number of imidazole rings is 1. The summed E-state index contributed by atoms with van der Waals surface area (Å²) in [5.74, 6) is 2.09. The van der Waals surface area contributed by atoms with Crippen LogP contribution in [0.4, 0.5) is 0 Å². The number of hydrogen-bond donors (Lipinski definition) is 0. The van der Waals surface area contributed by atoms with Crippen LogP contribution in [-0.2, 0) is 7.05 Å². The van der Waals surface area contributed by atoms with Crippen molar-refractivity contribution in [1.82, 2.24) is 34.1 Å². The van der Waals surface area contributed by atoms with Crippen LogP contribution in [0.15, 0.2) is 36.7 Å². The van der Waals surface area contributed by atoms with E-state index in [1.807, 2.05) is 36.8 Å². The predicted octanol–water partition coefficient (Wildman–Crippen LogP) is 4.08. The molecule has 0 unspecified atom stereocenters. The minimum atomic E-state index is 0.105. The van der Waals surface area contributed by atoms with Gasteiger partial charge in [-0.2, -0.15) is 5.10 Å². The van der Waals surface area contributed by atoms with Gasteiger partial charge in [-0.3, -0.25) is 9.97 Å². The van der Waals surface area contributed by atoms with Gasteiger partial charge in [-0.25, -0.2) is 14.5 Å². The monoisotopic (exact) mass is 385 g/mol. The van der Waals surface area contributed by atoms with Gasteiger partial charge in [0, 0.05) is 36.7 Å². The molecule has 5 rings (SSSR count). The summed E-state index contributed by atoms with van der Waals surface area (Å²) in [7, 11) is 2.07. The van der Waals surface area contributed by atoms with Gasteiger partial charge in [-0.1, -0.05) is 13.8 Å². The maximum atomic E-state index is 5.02. The second-order valence-corrected chi connectivity index (χ2v) is 7.80. The van der Waals surface area contributed by atoms with Crippen molar-refractivity contribution in [1.29, 1.82) is 0 Å². The standard InChI is InChI=1S/C22H23N7/c1-12-11-24-15(4)22-26-20(27-29(12)22)13(2)14(3)21-25-19-16-7-6-10-23-17(16)8-9-18(19)28(21)5/h6-11,13-14H,1-5H3/t13-,14-/m0/s1. The van der Waals surface area contributed by atoms with Crippen molar-refractivity contribution in [2.45, 2.75) is 39.5 Å². The average Bonchev–Trinajstić information content (AvgIpc) is 3.33. The molecule has 2 atom stereocenters. The Hall–Kier alpha value is -3.35. The fourth-order valence-corrected chi connectivity index (χ4v) is 3.98. The first-order valence-corrected chi connectivity index (χ1v) is 9.84. The Morgan fingerprint density at radius 1 is 0.966 bits per heavy atom. The van der Waals surface area contributed by atoms with Crippen molar-refractivity contribution in [3.63, 3.8) is 0 Å². The summed E-state index contributed by atoms with van der Waals surface area (Å²) in [6.07, 6.45) is 3.65. The van der Waals surface area contributed by atoms with Gasteiger partial charge >= 0.3 is 0 Å². The zero-order valence-electron chi connectivity index (χ0n) is 17.2. The molecule has 0 aliphatic heterocycles. The van der Waals surface area contributed by atoms with Crippen molar-refractivity contribution in [2.75, 3.05) is 0 Å². The molecule has 1 aromatic carbocycles. The van der Waals surface area contributed by atoms with Crippen LogP contribution in [0.25, 0.3) is 27.6 Å². The van der Waals surface area contributed by atoms with E-state index in [4.69, 9.17) is 15.1 Å². The first-order chi connectivity index (χ1) is 14.0. The minimum absolute atomic E-state index is 0.105. The molecule has 29 heavy (non-hydrogen) atoms. The molecule has 0 fully saturated rings. The Morgan fingerprint density at radius 2 is 1.79 bits per heavy atom. The smallest absolute Gasteiger partial charge is 0.177 e. The van der Waals surface area contributed by atoms with Crippen molar-refractivity contribution in [3.05, 3.63) is 59.7 Å². The van der Waals surface area contributed by atoms with Crippen LogP contribution in [0.3, 0.4) is 0 Å². The molecule has 0 bridgehead atoms. The number of pyridine rings is 1. The molecule has 0 amide bonds. The minimum Gasteiger partial charge on any atom is -0.331 e. The van der Waals surface area contributed by atoms with Crippen LogP contribution < -0.4 is 0 Å². The summed E-state index contributed by atoms with van der Waals surface area (Å²) in [5, 5.41) is 5.85. The van der Waals surface area contributed by atoms with Crippen molar-refractivity contribution >= 4 is 27.6 Å². The Bertz CT molecular complexity index is 1340. The topological polar surface area (TPSA) is 73.8 Å². The molecule has 146 valence electrons. The molecule has 0 aliphatic rings. The van der Waals surface area contributed by atoms with Crippen molar-refractivity contribution in [3.8, 4) is 0 Å². The molecule has 0 saturated carbocycles. The second-order valence-electron chi connectivity index (χ2n) is 7.80. The third-order valence-electron chi connectivity index (χ3n) is 5.96. The average molecular weight is 385 g/mol. The molecule has 7 nitrogen and oxygen atoms in total. The van der Waals surface area contributed by atoms with Gasteiger partial charge in [-0.05, 0) is 38.1 Å². The number of fused-ring (bicyclic) bond motifs is 4. The zero-order valence-corrected chi connectivity index (χ0v) is 17.2. The van der Waals surface area contributed by atoms with E-state index < -0.39 is 0 Å². The SMILES string of the molecule is Cc1ncc(C)n2nc([C@@H](C)[C@H](C)c3nc4c5cccnc5ccc4n3C)nc12. The molecular formula is C22H23N7. The van der Waals surface area contributed by atoms with Gasteiger partial charge in [-0.15, -0.1) is 0 Å². The highest BCUT2D eigenvalue weighted by molar-refractivity contribution is 6.02. The second kappa shape index (κ2) is 6.34. The van der Waals surface area contributed by atoms with Gasteiger partial charge in [0.15, 0.2) is 11.5 Å². The number of aryl methyl sites for hydroxylation is 3. The van der Waals surface area contributed by atoms with E-state index in [1.54, 1.807) is 0 Å². The highest BCUT2D eigenvalue weighted by atomic mass is 15.3. The zero-order chi connectivity index (χ0) is 20.3. The van der Waals surface area contributed by atoms with Gasteiger partial charge in [0.2, 0.25) is 0 Å². The number of rotatable bonds is 3. The van der Waals surface area contributed by atoms with Crippen LogP contribution in [-0.4, -0.2) is 34.1 Å². The molecule has 5 aromatic rings. The largest absolute Gasteiger partial charge is 0.331 e. The molecule has 4 aromatic heterocycles. The third kappa shape index (κ3) is 2.61. The fourth-order valence-electron chi connectivity index (χ4n) is 3.98. The summed E-state index contributed by atoms with van der Waals surface area (Å²) in [6, 6.07) is 8.19. The molecule has 0 N–H and O–H groups in total. The summed E-state index contributed by atoms with van der Waals surface area (Å²) in [4.78, 5) is 18.7. The van der Waals surface area contributed by atoms with E-state index in [-0.39, 0.29) is 11.8 Å². The molecule has 0 radical (unpaired) electrons. The Kier molecular flexibility index (Phi) is 3.87. The molecule has 4 heterocycles. The lowest BCUT2D eigenvalue weighted by Gasteiger charge is -2.16. The van der Waals surface area contributed by atoms with Crippen LogP contribution in [0.2, 0.25) is 0 Å². The number of hydrogen-bond acceptors (Lipinski definition) is 5. The molecular weight excluding hydrogens is 362 g/mol. The van der Waals surface area contributed by atoms with Gasteiger partial charge in [0.05, 0.1) is 27.9 Å². The molecule has 7 heteroatoms. The normalized spacial score (nSPS) is 14.1. The lowest BCUT2D eigenvalue weighted by Crippen LogP contribution is -2.11. The summed E-state index contributed by atoms with van der Waals surface area (Å²) < 4.78 is 4.06. The first kappa shape index (κ1) is 17.7. The van der Waals surface area contributed by atoms with Crippen LogP contribution in [0.5, 0.6) is 0 Å².